The second-order valence-electron chi connectivity index (χ2n) is 6.92. The maximum Gasteiger partial charge on any atom is 0.410 e. The van der Waals surface area contributed by atoms with Crippen molar-refractivity contribution in [3.05, 3.63) is 53.6 Å². The van der Waals surface area contributed by atoms with Gasteiger partial charge in [-0.25, -0.2) is 4.79 Å². The zero-order chi connectivity index (χ0) is 20.1. The van der Waals surface area contributed by atoms with E-state index in [-0.39, 0.29) is 18.6 Å². The summed E-state index contributed by atoms with van der Waals surface area (Å²) in [7, 11) is 0. The Morgan fingerprint density at radius 1 is 1.21 bits per heavy atom. The van der Waals surface area contributed by atoms with E-state index in [2.05, 4.69) is 25.6 Å². The molecule has 0 N–H and O–H groups in total. The third-order valence-electron chi connectivity index (χ3n) is 4.88. The van der Waals surface area contributed by atoms with Crippen LogP contribution in [0.2, 0.25) is 5.02 Å². The van der Waals surface area contributed by atoms with Crippen LogP contribution in [0.1, 0.15) is 24.5 Å². The van der Waals surface area contributed by atoms with Gasteiger partial charge in [0, 0.05) is 23.7 Å². The maximum atomic E-state index is 12.9. The molecular formula is C18H21ClN8O2. The van der Waals surface area contributed by atoms with Crippen LogP contribution in [0.15, 0.2) is 43.0 Å². The fourth-order valence-corrected chi connectivity index (χ4v) is 3.76. The Balaban J connectivity index is 1.45. The Morgan fingerprint density at radius 2 is 2.03 bits per heavy atom. The molecule has 0 aliphatic carbocycles. The smallest absolute Gasteiger partial charge is 0.410 e. The van der Waals surface area contributed by atoms with Crippen molar-refractivity contribution >= 4 is 17.7 Å². The summed E-state index contributed by atoms with van der Waals surface area (Å²) in [5.74, 6) is 0.277. The van der Waals surface area contributed by atoms with Crippen molar-refractivity contribution < 1.29 is 9.53 Å². The molecule has 2 atom stereocenters. The minimum absolute atomic E-state index is 0.226. The molecule has 4 rings (SSSR count). The average molecular weight is 417 g/mol. The summed E-state index contributed by atoms with van der Waals surface area (Å²) in [6.45, 7) is 2.15. The van der Waals surface area contributed by atoms with E-state index in [0.717, 1.165) is 12.8 Å². The summed E-state index contributed by atoms with van der Waals surface area (Å²) in [5.41, 5.74) is 0.703. The highest BCUT2D eigenvalue weighted by Crippen LogP contribution is 2.28. The summed E-state index contributed by atoms with van der Waals surface area (Å²) in [4.78, 5) is 17.7. The molecule has 152 valence electrons. The fraction of sp³-hybridized carbons (Fsp3) is 0.444. The number of benzene rings is 1. The molecule has 0 spiro atoms. The van der Waals surface area contributed by atoms with Gasteiger partial charge in [0.2, 0.25) is 0 Å². The van der Waals surface area contributed by atoms with Gasteiger partial charge in [-0.15, -0.1) is 10.2 Å². The molecule has 3 heterocycles. The first-order valence-corrected chi connectivity index (χ1v) is 9.81. The first-order valence-electron chi connectivity index (χ1n) is 9.44. The van der Waals surface area contributed by atoms with Crippen LogP contribution in [-0.4, -0.2) is 59.3 Å². The zero-order valence-corrected chi connectivity index (χ0v) is 16.5. The SMILES string of the molecule is O=C(OC(Cn1ncnn1)c1ccccc1Cl)N1CCCC(Cn2nccn2)C1. The van der Waals surface area contributed by atoms with Crippen LogP contribution in [0.3, 0.4) is 0 Å². The molecule has 11 heteroatoms. The van der Waals surface area contributed by atoms with Crippen LogP contribution in [-0.2, 0) is 17.8 Å². The van der Waals surface area contributed by atoms with E-state index in [1.54, 1.807) is 28.2 Å². The molecule has 0 radical (unpaired) electrons. The van der Waals surface area contributed by atoms with Crippen molar-refractivity contribution in [2.45, 2.75) is 32.0 Å². The molecule has 3 aromatic rings. The third-order valence-corrected chi connectivity index (χ3v) is 5.23. The summed E-state index contributed by atoms with van der Waals surface area (Å²) >= 11 is 6.34. The van der Waals surface area contributed by atoms with E-state index in [1.807, 2.05) is 18.2 Å². The van der Waals surface area contributed by atoms with Crippen molar-refractivity contribution in [3.8, 4) is 0 Å². The quantitative estimate of drug-likeness (QED) is 0.606. The monoisotopic (exact) mass is 416 g/mol. The Hall–Kier alpha value is -3.01. The summed E-state index contributed by atoms with van der Waals surface area (Å²) < 4.78 is 5.85. The number of likely N-dealkylation sites (tertiary alicyclic amines) is 1. The number of hydrogen-bond donors (Lipinski definition) is 0. The molecule has 0 bridgehead atoms. The lowest BCUT2D eigenvalue weighted by Crippen LogP contribution is -2.42. The van der Waals surface area contributed by atoms with Crippen LogP contribution in [0.4, 0.5) is 4.79 Å². The van der Waals surface area contributed by atoms with E-state index < -0.39 is 6.10 Å². The number of rotatable bonds is 6. The molecule has 1 amide bonds. The van der Waals surface area contributed by atoms with E-state index in [4.69, 9.17) is 16.3 Å². The zero-order valence-electron chi connectivity index (χ0n) is 15.7. The Labute approximate surface area is 172 Å². The first-order chi connectivity index (χ1) is 14.2. The largest absolute Gasteiger partial charge is 0.439 e. The van der Waals surface area contributed by atoms with Crippen molar-refractivity contribution in [2.24, 2.45) is 5.92 Å². The number of nitrogens with zero attached hydrogens (tertiary/aromatic N) is 8. The highest BCUT2D eigenvalue weighted by Gasteiger charge is 2.29. The normalized spacial score (nSPS) is 17.8. The van der Waals surface area contributed by atoms with E-state index in [1.165, 1.54) is 11.1 Å². The van der Waals surface area contributed by atoms with Gasteiger partial charge in [0.1, 0.15) is 6.54 Å². The number of piperidine rings is 1. The predicted molar refractivity (Wildman–Crippen MR) is 103 cm³/mol. The minimum Gasteiger partial charge on any atom is -0.439 e. The third kappa shape index (κ3) is 4.89. The van der Waals surface area contributed by atoms with Gasteiger partial charge in [-0.05, 0) is 30.0 Å². The standard InChI is InChI=1S/C18H21ClN8O2/c19-16-6-2-1-5-15(16)17(12-27-23-13-20-24-27)29-18(28)25-9-3-4-14(10-25)11-26-21-7-8-22-26/h1-2,5-8,13-14,17H,3-4,9-12H2. The van der Waals surface area contributed by atoms with Gasteiger partial charge in [-0.1, -0.05) is 29.8 Å². The van der Waals surface area contributed by atoms with Gasteiger partial charge >= 0.3 is 6.09 Å². The summed E-state index contributed by atoms with van der Waals surface area (Å²) in [6.07, 6.45) is 5.56. The molecule has 1 aliphatic heterocycles. The molecule has 1 aromatic carbocycles. The topological polar surface area (TPSA) is 104 Å². The number of tetrazole rings is 1. The lowest BCUT2D eigenvalue weighted by molar-refractivity contribution is 0.0380. The maximum absolute atomic E-state index is 12.9. The van der Waals surface area contributed by atoms with Crippen LogP contribution < -0.4 is 0 Å². The van der Waals surface area contributed by atoms with Crippen molar-refractivity contribution in [1.29, 1.82) is 0 Å². The van der Waals surface area contributed by atoms with Gasteiger partial charge in [0.05, 0.1) is 18.9 Å². The van der Waals surface area contributed by atoms with Gasteiger partial charge < -0.3 is 9.64 Å². The fourth-order valence-electron chi connectivity index (χ4n) is 3.50. The number of amides is 1. The van der Waals surface area contributed by atoms with E-state index >= 15 is 0 Å². The van der Waals surface area contributed by atoms with Gasteiger partial charge in [-0.2, -0.15) is 19.8 Å². The number of ether oxygens (including phenoxy) is 1. The molecule has 10 nitrogen and oxygen atoms in total. The number of hydrogen-bond acceptors (Lipinski definition) is 7. The molecule has 1 saturated heterocycles. The lowest BCUT2D eigenvalue weighted by atomic mass is 9.98. The predicted octanol–water partition coefficient (Wildman–Crippen LogP) is 2.21. The van der Waals surface area contributed by atoms with Crippen LogP contribution in [0, 0.1) is 5.92 Å². The number of carbonyl (C=O) groups excluding carboxylic acids is 1. The minimum atomic E-state index is -0.626. The van der Waals surface area contributed by atoms with Crippen molar-refractivity contribution in [1.82, 2.24) is 40.1 Å². The highest BCUT2D eigenvalue weighted by atomic mass is 35.5. The van der Waals surface area contributed by atoms with Gasteiger partial charge in [0.25, 0.3) is 0 Å². The Kier molecular flexibility index (Phi) is 5.99. The Morgan fingerprint density at radius 3 is 2.79 bits per heavy atom. The molecular weight excluding hydrogens is 396 g/mol. The van der Waals surface area contributed by atoms with Crippen LogP contribution >= 0.6 is 11.6 Å². The first kappa shape index (κ1) is 19.3. The highest BCUT2D eigenvalue weighted by molar-refractivity contribution is 6.31. The average Bonchev–Trinajstić information content (AvgIpc) is 3.42. The van der Waals surface area contributed by atoms with Crippen LogP contribution in [0.5, 0.6) is 0 Å². The summed E-state index contributed by atoms with van der Waals surface area (Å²) in [5, 5.41) is 20.4. The second-order valence-corrected chi connectivity index (χ2v) is 7.33. The second kappa shape index (κ2) is 8.99. The lowest BCUT2D eigenvalue weighted by Gasteiger charge is -2.33. The molecule has 1 aliphatic rings. The van der Waals surface area contributed by atoms with E-state index in [9.17, 15) is 4.79 Å². The molecule has 0 saturated carbocycles. The number of carbonyl (C=O) groups is 1. The van der Waals surface area contributed by atoms with Gasteiger partial charge in [-0.3, -0.25) is 0 Å². The molecule has 29 heavy (non-hydrogen) atoms. The van der Waals surface area contributed by atoms with E-state index in [0.29, 0.717) is 30.2 Å². The summed E-state index contributed by atoms with van der Waals surface area (Å²) in [6, 6.07) is 7.28. The molecule has 2 aromatic heterocycles. The molecule has 1 fully saturated rings. The van der Waals surface area contributed by atoms with Crippen molar-refractivity contribution in [3.63, 3.8) is 0 Å². The van der Waals surface area contributed by atoms with Crippen molar-refractivity contribution in [2.75, 3.05) is 13.1 Å². The Bertz CT molecular complexity index is 918. The number of aromatic nitrogens is 7. The van der Waals surface area contributed by atoms with Crippen LogP contribution in [0.25, 0.3) is 0 Å². The molecule has 2 unspecified atom stereocenters. The number of halogens is 1. The van der Waals surface area contributed by atoms with Gasteiger partial charge in [0.15, 0.2) is 12.4 Å².